The number of carbonyl (C=O) groups excluding carboxylic acids is 2. The molecule has 0 aromatic carbocycles. The van der Waals surface area contributed by atoms with Gasteiger partial charge >= 0.3 is 0 Å². The van der Waals surface area contributed by atoms with Crippen molar-refractivity contribution in [2.45, 2.75) is 32.7 Å². The summed E-state index contributed by atoms with van der Waals surface area (Å²) in [6, 6.07) is 2.71. The highest BCUT2D eigenvalue weighted by atomic mass is 35.5. The Kier molecular flexibility index (Phi) is 4.83. The Labute approximate surface area is 129 Å². The summed E-state index contributed by atoms with van der Waals surface area (Å²) in [6.45, 7) is 4.30. The van der Waals surface area contributed by atoms with Crippen LogP contribution in [0.25, 0.3) is 0 Å². The zero-order valence-electron chi connectivity index (χ0n) is 12.4. The first kappa shape index (κ1) is 15.8. The Morgan fingerprint density at radius 2 is 2.14 bits per heavy atom. The van der Waals surface area contributed by atoms with Gasteiger partial charge in [0.05, 0.1) is 13.2 Å². The standard InChI is InChI=1S/C15H19ClN2O3/c1-9(2)14(19)11-5-4-6-18(11)15(20)10-7-12(16)17-13(8-10)21-3/h7-9,11H,4-6H2,1-3H3/t11-/m0/s1. The third-order valence-corrected chi connectivity index (χ3v) is 3.83. The number of methoxy groups -OCH3 is 1. The van der Waals surface area contributed by atoms with Crippen molar-refractivity contribution in [3.63, 3.8) is 0 Å². The number of aromatic nitrogens is 1. The lowest BCUT2D eigenvalue weighted by Gasteiger charge is -2.25. The van der Waals surface area contributed by atoms with E-state index >= 15 is 0 Å². The van der Waals surface area contributed by atoms with Crippen LogP contribution in [0.3, 0.4) is 0 Å². The van der Waals surface area contributed by atoms with E-state index in [4.69, 9.17) is 16.3 Å². The van der Waals surface area contributed by atoms with Crippen molar-refractivity contribution in [1.29, 1.82) is 0 Å². The molecule has 2 heterocycles. The molecular formula is C15H19ClN2O3. The molecule has 1 atom stereocenters. The van der Waals surface area contributed by atoms with E-state index in [1.807, 2.05) is 13.8 Å². The van der Waals surface area contributed by atoms with Crippen molar-refractivity contribution in [2.75, 3.05) is 13.7 Å². The van der Waals surface area contributed by atoms with Gasteiger partial charge in [-0.2, -0.15) is 0 Å². The Balaban J connectivity index is 2.26. The van der Waals surface area contributed by atoms with Crippen LogP contribution in [-0.4, -0.2) is 41.3 Å². The molecule has 0 saturated carbocycles. The number of hydrogen-bond donors (Lipinski definition) is 0. The number of pyridine rings is 1. The molecule has 1 aliphatic heterocycles. The number of rotatable bonds is 4. The fourth-order valence-electron chi connectivity index (χ4n) is 2.56. The van der Waals surface area contributed by atoms with Crippen LogP contribution in [0.2, 0.25) is 5.15 Å². The van der Waals surface area contributed by atoms with Gasteiger partial charge in [0.2, 0.25) is 5.88 Å². The van der Waals surface area contributed by atoms with Crippen molar-refractivity contribution < 1.29 is 14.3 Å². The van der Waals surface area contributed by atoms with Crippen LogP contribution >= 0.6 is 11.6 Å². The van der Waals surface area contributed by atoms with Gasteiger partial charge in [-0.25, -0.2) is 4.98 Å². The third kappa shape index (κ3) is 3.35. The highest BCUT2D eigenvalue weighted by Gasteiger charge is 2.35. The Morgan fingerprint density at radius 3 is 2.76 bits per heavy atom. The minimum Gasteiger partial charge on any atom is -0.481 e. The van der Waals surface area contributed by atoms with Gasteiger partial charge in [-0.15, -0.1) is 0 Å². The number of nitrogens with zero attached hydrogens (tertiary/aromatic N) is 2. The number of ether oxygens (including phenoxy) is 1. The third-order valence-electron chi connectivity index (χ3n) is 3.64. The molecule has 21 heavy (non-hydrogen) atoms. The van der Waals surface area contributed by atoms with Gasteiger partial charge in [0.15, 0.2) is 5.78 Å². The van der Waals surface area contributed by atoms with E-state index in [0.717, 1.165) is 12.8 Å². The van der Waals surface area contributed by atoms with E-state index in [9.17, 15) is 9.59 Å². The monoisotopic (exact) mass is 310 g/mol. The van der Waals surface area contributed by atoms with E-state index in [-0.39, 0.29) is 34.7 Å². The molecule has 0 spiro atoms. The normalized spacial score (nSPS) is 18.1. The number of hydrogen-bond acceptors (Lipinski definition) is 4. The predicted molar refractivity (Wildman–Crippen MR) is 79.7 cm³/mol. The van der Waals surface area contributed by atoms with E-state index in [1.165, 1.54) is 13.2 Å². The SMILES string of the molecule is COc1cc(C(=O)N2CCC[C@H]2C(=O)C(C)C)cc(Cl)n1. The van der Waals surface area contributed by atoms with Crippen molar-refractivity contribution in [1.82, 2.24) is 9.88 Å². The van der Waals surface area contributed by atoms with Gasteiger partial charge < -0.3 is 9.64 Å². The minimum absolute atomic E-state index is 0.0843. The zero-order chi connectivity index (χ0) is 15.6. The van der Waals surface area contributed by atoms with Gasteiger partial charge in [-0.05, 0) is 18.9 Å². The van der Waals surface area contributed by atoms with Crippen molar-refractivity contribution in [3.8, 4) is 5.88 Å². The van der Waals surface area contributed by atoms with Crippen molar-refractivity contribution >= 4 is 23.3 Å². The first-order valence-electron chi connectivity index (χ1n) is 7.00. The van der Waals surface area contributed by atoms with Crippen LogP contribution in [-0.2, 0) is 4.79 Å². The van der Waals surface area contributed by atoms with Gasteiger partial charge in [-0.3, -0.25) is 9.59 Å². The lowest BCUT2D eigenvalue weighted by Crippen LogP contribution is -2.42. The maximum atomic E-state index is 12.6. The van der Waals surface area contributed by atoms with Crippen LogP contribution < -0.4 is 4.74 Å². The molecular weight excluding hydrogens is 292 g/mol. The number of halogens is 1. The first-order chi connectivity index (χ1) is 9.93. The van der Waals surface area contributed by atoms with E-state index in [1.54, 1.807) is 11.0 Å². The van der Waals surface area contributed by atoms with E-state index in [0.29, 0.717) is 12.1 Å². The molecule has 1 saturated heterocycles. The minimum atomic E-state index is -0.338. The second-order valence-corrected chi connectivity index (χ2v) is 5.82. The van der Waals surface area contributed by atoms with Gasteiger partial charge in [-0.1, -0.05) is 25.4 Å². The molecule has 2 rings (SSSR count). The summed E-state index contributed by atoms with van der Waals surface area (Å²) in [5.74, 6) is 0.109. The molecule has 1 aliphatic rings. The molecule has 1 aromatic heterocycles. The average molecular weight is 311 g/mol. The summed E-state index contributed by atoms with van der Waals surface area (Å²) in [5.41, 5.74) is 0.398. The second kappa shape index (κ2) is 6.43. The predicted octanol–water partition coefficient (Wildman–Crippen LogP) is 2.57. The van der Waals surface area contributed by atoms with Gasteiger partial charge in [0.1, 0.15) is 5.15 Å². The maximum Gasteiger partial charge on any atom is 0.254 e. The molecule has 0 bridgehead atoms. The quantitative estimate of drug-likeness (QED) is 0.802. The second-order valence-electron chi connectivity index (χ2n) is 5.43. The average Bonchev–Trinajstić information content (AvgIpc) is 2.93. The van der Waals surface area contributed by atoms with Crippen LogP contribution in [0.15, 0.2) is 12.1 Å². The highest BCUT2D eigenvalue weighted by Crippen LogP contribution is 2.25. The molecule has 0 radical (unpaired) electrons. The van der Waals surface area contributed by atoms with Crippen LogP contribution in [0.1, 0.15) is 37.0 Å². The smallest absolute Gasteiger partial charge is 0.254 e. The van der Waals surface area contributed by atoms with Crippen molar-refractivity contribution in [3.05, 3.63) is 22.8 Å². The summed E-state index contributed by atoms with van der Waals surface area (Å²) >= 11 is 5.90. The summed E-state index contributed by atoms with van der Waals surface area (Å²) < 4.78 is 5.03. The summed E-state index contributed by atoms with van der Waals surface area (Å²) in [5, 5.41) is 0.198. The van der Waals surface area contributed by atoms with Crippen LogP contribution in [0.4, 0.5) is 0 Å². The van der Waals surface area contributed by atoms with Crippen molar-refractivity contribution in [2.24, 2.45) is 5.92 Å². The lowest BCUT2D eigenvalue weighted by atomic mass is 9.99. The van der Waals surface area contributed by atoms with Crippen LogP contribution in [0, 0.1) is 5.92 Å². The Bertz CT molecular complexity index is 560. The molecule has 5 nitrogen and oxygen atoms in total. The summed E-state index contributed by atoms with van der Waals surface area (Å²) in [6.07, 6.45) is 1.56. The molecule has 0 N–H and O–H groups in total. The maximum absolute atomic E-state index is 12.6. The largest absolute Gasteiger partial charge is 0.481 e. The molecule has 114 valence electrons. The van der Waals surface area contributed by atoms with E-state index in [2.05, 4.69) is 4.98 Å². The lowest BCUT2D eigenvalue weighted by molar-refractivity contribution is -0.125. The number of carbonyl (C=O) groups is 2. The fraction of sp³-hybridized carbons (Fsp3) is 0.533. The highest BCUT2D eigenvalue weighted by molar-refractivity contribution is 6.29. The molecule has 1 fully saturated rings. The molecule has 0 unspecified atom stereocenters. The number of likely N-dealkylation sites (tertiary alicyclic amines) is 1. The first-order valence-corrected chi connectivity index (χ1v) is 7.38. The molecule has 1 amide bonds. The molecule has 6 heteroatoms. The number of Topliss-reactive ketones (excluding diaryl/α,β-unsaturated/α-hetero) is 1. The Hall–Kier alpha value is -1.62. The number of amides is 1. The van der Waals surface area contributed by atoms with Gasteiger partial charge in [0, 0.05) is 24.1 Å². The fourth-order valence-corrected chi connectivity index (χ4v) is 2.76. The van der Waals surface area contributed by atoms with E-state index < -0.39 is 0 Å². The number of ketones is 1. The molecule has 1 aromatic rings. The zero-order valence-corrected chi connectivity index (χ0v) is 13.2. The summed E-state index contributed by atoms with van der Waals surface area (Å²) in [7, 11) is 1.47. The van der Waals surface area contributed by atoms with Crippen LogP contribution in [0.5, 0.6) is 5.88 Å². The molecule has 0 aliphatic carbocycles. The summed E-state index contributed by atoms with van der Waals surface area (Å²) in [4.78, 5) is 30.4. The van der Waals surface area contributed by atoms with Gasteiger partial charge in [0.25, 0.3) is 5.91 Å². The Morgan fingerprint density at radius 1 is 1.43 bits per heavy atom. The topological polar surface area (TPSA) is 59.5 Å².